The molecule has 37 heavy (non-hydrogen) atoms. The summed E-state index contributed by atoms with van der Waals surface area (Å²) in [5.74, 6) is 3.16. The summed E-state index contributed by atoms with van der Waals surface area (Å²) in [4.78, 5) is 15.0. The SMILES string of the molecule is C[C@H](CCC(=O)N1CCc2cc(F)ccc21)[C@H]1CC[C@H]2[C@@H]3CC[C@@H]4C[C@H](O)CC[C@]4(C)[C@H]3C[C@H](O)[C@]12C. The average molecular weight is 512 g/mol. The molecule has 0 aromatic heterocycles. The van der Waals surface area contributed by atoms with E-state index in [1.54, 1.807) is 12.1 Å². The van der Waals surface area contributed by atoms with E-state index in [1.807, 2.05) is 4.90 Å². The Balaban J connectivity index is 1.13. The number of benzene rings is 1. The second-order valence-electron chi connectivity index (χ2n) is 14.0. The Bertz CT molecular complexity index is 1040. The highest BCUT2D eigenvalue weighted by Crippen LogP contribution is 2.68. The molecule has 4 fully saturated rings. The molecule has 1 aliphatic heterocycles. The second-order valence-corrected chi connectivity index (χ2v) is 14.0. The monoisotopic (exact) mass is 511 g/mol. The van der Waals surface area contributed by atoms with Gasteiger partial charge in [0.1, 0.15) is 5.82 Å². The molecule has 4 aliphatic carbocycles. The first kappa shape index (κ1) is 25.8. The summed E-state index contributed by atoms with van der Waals surface area (Å²) in [6, 6.07) is 4.76. The largest absolute Gasteiger partial charge is 0.393 e. The highest BCUT2D eigenvalue weighted by atomic mass is 19.1. The van der Waals surface area contributed by atoms with Crippen LogP contribution in [-0.4, -0.2) is 34.9 Å². The Hall–Kier alpha value is -1.46. The van der Waals surface area contributed by atoms with Crippen molar-refractivity contribution in [3.63, 3.8) is 0 Å². The average Bonchev–Trinajstić information content (AvgIpc) is 3.45. The minimum atomic E-state index is -0.285. The van der Waals surface area contributed by atoms with Gasteiger partial charge in [-0.05, 0) is 134 Å². The number of amides is 1. The molecule has 2 N–H and O–H groups in total. The minimum Gasteiger partial charge on any atom is -0.393 e. The van der Waals surface area contributed by atoms with Gasteiger partial charge < -0.3 is 15.1 Å². The highest BCUT2D eigenvalue weighted by Gasteiger charge is 2.63. The summed E-state index contributed by atoms with van der Waals surface area (Å²) in [6.45, 7) is 7.80. The molecule has 0 bridgehead atoms. The fraction of sp³-hybridized carbons (Fsp3) is 0.781. The van der Waals surface area contributed by atoms with Crippen molar-refractivity contribution in [3.05, 3.63) is 29.6 Å². The van der Waals surface area contributed by atoms with E-state index < -0.39 is 0 Å². The van der Waals surface area contributed by atoms with E-state index >= 15 is 0 Å². The van der Waals surface area contributed by atoms with Crippen LogP contribution in [0.3, 0.4) is 0 Å². The van der Waals surface area contributed by atoms with Crippen molar-refractivity contribution >= 4 is 11.6 Å². The summed E-state index contributed by atoms with van der Waals surface area (Å²) < 4.78 is 13.6. The number of fused-ring (bicyclic) bond motifs is 6. The van der Waals surface area contributed by atoms with Gasteiger partial charge in [-0.15, -0.1) is 0 Å². The molecule has 6 rings (SSSR count). The van der Waals surface area contributed by atoms with Crippen molar-refractivity contribution in [2.45, 2.75) is 104 Å². The van der Waals surface area contributed by atoms with Crippen LogP contribution in [0.5, 0.6) is 0 Å². The van der Waals surface area contributed by atoms with Gasteiger partial charge in [0.05, 0.1) is 12.2 Å². The molecule has 0 unspecified atom stereocenters. The predicted octanol–water partition coefficient (Wildman–Crippen LogP) is 6.12. The highest BCUT2D eigenvalue weighted by molar-refractivity contribution is 5.95. The van der Waals surface area contributed by atoms with E-state index in [9.17, 15) is 19.4 Å². The number of anilines is 1. The lowest BCUT2D eigenvalue weighted by atomic mass is 9.43. The molecule has 1 amide bonds. The molecule has 0 saturated heterocycles. The van der Waals surface area contributed by atoms with E-state index in [1.165, 1.54) is 25.3 Å². The van der Waals surface area contributed by atoms with Gasteiger partial charge in [0.25, 0.3) is 0 Å². The maximum Gasteiger partial charge on any atom is 0.227 e. The molecule has 0 radical (unpaired) electrons. The third-order valence-electron chi connectivity index (χ3n) is 12.6. The number of aliphatic hydroxyl groups excluding tert-OH is 2. The molecule has 1 aromatic rings. The molecular formula is C32H46FNO3. The van der Waals surface area contributed by atoms with Gasteiger partial charge in [-0.1, -0.05) is 20.8 Å². The summed E-state index contributed by atoms with van der Waals surface area (Å²) in [5, 5.41) is 22.1. The summed E-state index contributed by atoms with van der Waals surface area (Å²) in [7, 11) is 0. The molecular weight excluding hydrogens is 465 g/mol. The third-order valence-corrected chi connectivity index (χ3v) is 12.6. The fourth-order valence-electron chi connectivity index (χ4n) is 10.5. The molecule has 10 atom stereocenters. The van der Waals surface area contributed by atoms with Crippen LogP contribution in [0.4, 0.5) is 10.1 Å². The van der Waals surface area contributed by atoms with E-state index in [4.69, 9.17) is 0 Å². The summed E-state index contributed by atoms with van der Waals surface area (Å²) in [5.41, 5.74) is 2.00. The first-order valence-electron chi connectivity index (χ1n) is 15.1. The summed E-state index contributed by atoms with van der Waals surface area (Å²) >= 11 is 0. The van der Waals surface area contributed by atoms with E-state index in [0.717, 1.165) is 56.2 Å². The second kappa shape index (κ2) is 9.33. The van der Waals surface area contributed by atoms with Gasteiger partial charge >= 0.3 is 0 Å². The molecule has 1 aromatic carbocycles. The van der Waals surface area contributed by atoms with Gasteiger partial charge in [-0.3, -0.25) is 4.79 Å². The number of carbonyl (C=O) groups excluding carboxylic acids is 1. The number of hydrogen-bond donors (Lipinski definition) is 2. The van der Waals surface area contributed by atoms with Crippen molar-refractivity contribution < 1.29 is 19.4 Å². The number of nitrogens with zero attached hydrogens (tertiary/aromatic N) is 1. The predicted molar refractivity (Wildman–Crippen MR) is 143 cm³/mol. The van der Waals surface area contributed by atoms with Crippen molar-refractivity contribution in [2.75, 3.05) is 11.4 Å². The quantitative estimate of drug-likeness (QED) is 0.512. The Morgan fingerprint density at radius 1 is 1.11 bits per heavy atom. The first-order chi connectivity index (χ1) is 17.6. The molecule has 4 nitrogen and oxygen atoms in total. The van der Waals surface area contributed by atoms with Gasteiger partial charge in [0, 0.05) is 18.7 Å². The van der Waals surface area contributed by atoms with Crippen molar-refractivity contribution in [3.8, 4) is 0 Å². The van der Waals surface area contributed by atoms with Crippen LogP contribution >= 0.6 is 0 Å². The molecule has 5 aliphatic rings. The Kier molecular flexibility index (Phi) is 6.50. The van der Waals surface area contributed by atoms with Gasteiger partial charge in [0.15, 0.2) is 0 Å². The van der Waals surface area contributed by atoms with Gasteiger partial charge in [-0.2, -0.15) is 0 Å². The Labute approximate surface area is 222 Å². The van der Waals surface area contributed by atoms with Gasteiger partial charge in [0.2, 0.25) is 5.91 Å². The Morgan fingerprint density at radius 3 is 2.73 bits per heavy atom. The number of rotatable bonds is 4. The molecule has 4 saturated carbocycles. The summed E-state index contributed by atoms with van der Waals surface area (Å²) in [6.07, 6.45) is 10.4. The van der Waals surface area contributed by atoms with Crippen LogP contribution in [0.25, 0.3) is 0 Å². The topological polar surface area (TPSA) is 60.8 Å². The van der Waals surface area contributed by atoms with Gasteiger partial charge in [-0.25, -0.2) is 4.39 Å². The lowest BCUT2D eigenvalue weighted by Gasteiger charge is -2.62. The van der Waals surface area contributed by atoms with Crippen molar-refractivity contribution in [1.82, 2.24) is 0 Å². The maximum absolute atomic E-state index is 13.6. The standard InChI is InChI=1S/C32H46FNO3/c1-19(4-11-30(37)34-15-13-20-16-22(33)6-10-28(20)34)25-8-9-26-24-7-5-21-17-23(35)12-14-31(21,2)27(24)18-29(36)32(25,26)3/h6,10,16,19,21,23-27,29,35-36H,4-5,7-9,11-15,17-18H2,1-3H3/t19-,21-,23-,24+,25-,26+,27+,29+,31+,32-/m1/s1. The molecule has 5 heteroatoms. The van der Waals surface area contributed by atoms with Crippen LogP contribution in [0.1, 0.15) is 90.5 Å². The number of halogens is 1. The number of carbonyl (C=O) groups is 1. The maximum atomic E-state index is 13.6. The van der Waals surface area contributed by atoms with Crippen LogP contribution < -0.4 is 4.90 Å². The fourth-order valence-corrected chi connectivity index (χ4v) is 10.5. The van der Waals surface area contributed by atoms with E-state index in [-0.39, 0.29) is 34.8 Å². The zero-order chi connectivity index (χ0) is 26.1. The smallest absolute Gasteiger partial charge is 0.227 e. The van der Waals surface area contributed by atoms with E-state index in [2.05, 4.69) is 20.8 Å². The first-order valence-corrected chi connectivity index (χ1v) is 15.1. The van der Waals surface area contributed by atoms with Crippen LogP contribution in [0.15, 0.2) is 18.2 Å². The molecule has 0 spiro atoms. The number of aliphatic hydroxyl groups is 2. The lowest BCUT2D eigenvalue weighted by Crippen LogP contribution is -2.58. The normalized spacial score (nSPS) is 43.5. The van der Waals surface area contributed by atoms with Crippen molar-refractivity contribution in [2.24, 2.45) is 46.3 Å². The van der Waals surface area contributed by atoms with Crippen LogP contribution in [0, 0.1) is 52.2 Å². The minimum absolute atomic E-state index is 0.0707. The zero-order valence-corrected chi connectivity index (χ0v) is 23.0. The van der Waals surface area contributed by atoms with E-state index in [0.29, 0.717) is 48.5 Å². The molecule has 1 heterocycles. The lowest BCUT2D eigenvalue weighted by molar-refractivity contribution is -0.174. The third kappa shape index (κ3) is 4.01. The number of hydrogen-bond acceptors (Lipinski definition) is 3. The molecule has 204 valence electrons. The van der Waals surface area contributed by atoms with Crippen LogP contribution in [-0.2, 0) is 11.2 Å². The van der Waals surface area contributed by atoms with Crippen LogP contribution in [0.2, 0.25) is 0 Å². The zero-order valence-electron chi connectivity index (χ0n) is 23.0. The Morgan fingerprint density at radius 2 is 1.92 bits per heavy atom. The van der Waals surface area contributed by atoms with Crippen molar-refractivity contribution in [1.29, 1.82) is 0 Å².